The Hall–Kier alpha value is -3.27. The first-order valence-electron chi connectivity index (χ1n) is 9.96. The Balaban J connectivity index is 1.59. The molecule has 1 amide bonds. The number of carbonyl (C=O) groups is 1. The van der Waals surface area contributed by atoms with Gasteiger partial charge in [-0.25, -0.2) is 8.42 Å². The third-order valence-electron chi connectivity index (χ3n) is 5.02. The molecule has 32 heavy (non-hydrogen) atoms. The first-order valence-corrected chi connectivity index (χ1v) is 11.4. The van der Waals surface area contributed by atoms with Crippen LogP contribution in [0.15, 0.2) is 70.6 Å². The summed E-state index contributed by atoms with van der Waals surface area (Å²) in [5.74, 6) is -1.28. The van der Waals surface area contributed by atoms with Gasteiger partial charge in [0.25, 0.3) is 5.91 Å². The van der Waals surface area contributed by atoms with Gasteiger partial charge in [-0.15, -0.1) is 0 Å². The molecule has 1 heterocycles. The highest BCUT2D eigenvalue weighted by molar-refractivity contribution is 7.91. The van der Waals surface area contributed by atoms with Crippen molar-refractivity contribution in [2.75, 3.05) is 13.1 Å². The molecule has 3 rings (SSSR count). The van der Waals surface area contributed by atoms with Crippen LogP contribution in [0.25, 0.3) is 0 Å². The molecule has 168 valence electrons. The van der Waals surface area contributed by atoms with Crippen molar-refractivity contribution in [2.45, 2.75) is 29.2 Å². The van der Waals surface area contributed by atoms with Crippen molar-refractivity contribution in [2.24, 2.45) is 5.73 Å². The van der Waals surface area contributed by atoms with E-state index in [1.807, 2.05) is 19.1 Å². The second kappa shape index (κ2) is 9.90. The van der Waals surface area contributed by atoms with Gasteiger partial charge in [0.1, 0.15) is 5.75 Å². The average Bonchev–Trinajstić information content (AvgIpc) is 2.77. The van der Waals surface area contributed by atoms with Crippen LogP contribution in [-0.4, -0.2) is 42.6 Å². The number of nitrogens with two attached hydrogens (primary N) is 1. The van der Waals surface area contributed by atoms with Crippen molar-refractivity contribution in [3.8, 4) is 5.75 Å². The highest BCUT2D eigenvalue weighted by Gasteiger charge is 2.20. The third kappa shape index (κ3) is 5.50. The van der Waals surface area contributed by atoms with Crippen LogP contribution < -0.4 is 11.1 Å². The monoisotopic (exact) mass is 455 g/mol. The number of amides is 1. The topological polar surface area (TPSA) is 143 Å². The fourth-order valence-corrected chi connectivity index (χ4v) is 4.40. The first-order chi connectivity index (χ1) is 15.2. The van der Waals surface area contributed by atoms with Crippen LogP contribution in [0.1, 0.15) is 33.3 Å². The van der Waals surface area contributed by atoms with E-state index in [-0.39, 0.29) is 21.1 Å². The van der Waals surface area contributed by atoms with Gasteiger partial charge in [0.2, 0.25) is 9.84 Å². The molecule has 0 radical (unpaired) electrons. The van der Waals surface area contributed by atoms with E-state index in [2.05, 4.69) is 10.3 Å². The third-order valence-corrected chi connectivity index (χ3v) is 6.79. The predicted octanol–water partition coefficient (Wildman–Crippen LogP) is 1.89. The molecule has 1 aromatic heterocycles. The molecule has 5 N–H and O–H groups in total. The number of aliphatic hydroxyl groups excluding tert-OH is 1. The summed E-state index contributed by atoms with van der Waals surface area (Å²) < 4.78 is 25.7. The summed E-state index contributed by atoms with van der Waals surface area (Å²) in [5.41, 5.74) is 7.48. The van der Waals surface area contributed by atoms with E-state index in [9.17, 15) is 23.4 Å². The molecule has 2 aromatic carbocycles. The molecule has 0 saturated carbocycles. The molecule has 3 aromatic rings. The normalized spacial score (nSPS) is 12.4. The van der Waals surface area contributed by atoms with E-state index >= 15 is 0 Å². The van der Waals surface area contributed by atoms with Gasteiger partial charge >= 0.3 is 0 Å². The lowest BCUT2D eigenvalue weighted by Crippen LogP contribution is -2.23. The van der Waals surface area contributed by atoms with Gasteiger partial charge < -0.3 is 21.3 Å². The number of nitrogens with zero attached hydrogens (tertiary/aromatic N) is 1. The van der Waals surface area contributed by atoms with Gasteiger partial charge in [-0.05, 0) is 61.9 Å². The fraction of sp³-hybridized carbons (Fsp3) is 0.217. The van der Waals surface area contributed by atoms with Crippen LogP contribution in [0.5, 0.6) is 5.75 Å². The number of sulfone groups is 1. The maximum absolute atomic E-state index is 12.8. The molecule has 0 aliphatic carbocycles. The second-order valence-electron chi connectivity index (χ2n) is 7.39. The highest BCUT2D eigenvalue weighted by Crippen LogP contribution is 2.26. The Morgan fingerprint density at radius 2 is 1.78 bits per heavy atom. The molecule has 9 heteroatoms. The van der Waals surface area contributed by atoms with Gasteiger partial charge in [0.15, 0.2) is 0 Å². The molecule has 1 atom stereocenters. The Labute approximate surface area is 186 Å². The van der Waals surface area contributed by atoms with Gasteiger partial charge in [0.05, 0.1) is 21.5 Å². The molecule has 0 fully saturated rings. The van der Waals surface area contributed by atoms with Crippen LogP contribution >= 0.6 is 0 Å². The van der Waals surface area contributed by atoms with Crippen LogP contribution in [0.4, 0.5) is 0 Å². The van der Waals surface area contributed by atoms with E-state index < -0.39 is 21.8 Å². The largest absolute Gasteiger partial charge is 0.507 e. The van der Waals surface area contributed by atoms with E-state index in [1.54, 1.807) is 18.3 Å². The zero-order valence-corrected chi connectivity index (χ0v) is 18.3. The van der Waals surface area contributed by atoms with Crippen LogP contribution in [0, 0.1) is 6.92 Å². The molecule has 0 bridgehead atoms. The quantitative estimate of drug-likeness (QED) is 0.361. The van der Waals surface area contributed by atoms with Crippen molar-refractivity contribution in [1.29, 1.82) is 0 Å². The number of aromatic nitrogens is 1. The number of phenols is 1. The van der Waals surface area contributed by atoms with Crippen LogP contribution in [0.2, 0.25) is 0 Å². The van der Waals surface area contributed by atoms with Crippen LogP contribution in [-0.2, 0) is 16.3 Å². The van der Waals surface area contributed by atoms with Crippen molar-refractivity contribution in [3.63, 3.8) is 0 Å². The summed E-state index contributed by atoms with van der Waals surface area (Å²) in [6.45, 7) is 2.86. The summed E-state index contributed by atoms with van der Waals surface area (Å²) in [4.78, 5) is 15.5. The van der Waals surface area contributed by atoms with Crippen molar-refractivity contribution >= 4 is 15.7 Å². The van der Waals surface area contributed by atoms with Crippen molar-refractivity contribution in [1.82, 2.24) is 10.3 Å². The lowest BCUT2D eigenvalue weighted by Gasteiger charge is -2.12. The Morgan fingerprint density at radius 1 is 1.09 bits per heavy atom. The van der Waals surface area contributed by atoms with E-state index in [4.69, 9.17) is 5.73 Å². The van der Waals surface area contributed by atoms with E-state index in [0.717, 1.165) is 29.0 Å². The summed E-state index contributed by atoms with van der Waals surface area (Å²) in [5, 5.41) is 23.0. The number of rotatable bonds is 9. The number of aliphatic hydroxyl groups is 1. The zero-order chi connectivity index (χ0) is 23.3. The van der Waals surface area contributed by atoms with E-state index in [1.165, 1.54) is 18.2 Å². The number of benzene rings is 2. The minimum Gasteiger partial charge on any atom is -0.507 e. The van der Waals surface area contributed by atoms with E-state index in [0.29, 0.717) is 19.5 Å². The van der Waals surface area contributed by atoms with Crippen LogP contribution in [0.3, 0.4) is 0 Å². The molecule has 0 saturated heterocycles. The number of pyridine rings is 1. The Kier molecular flexibility index (Phi) is 7.24. The summed E-state index contributed by atoms with van der Waals surface area (Å²) in [6, 6.07) is 13.5. The highest BCUT2D eigenvalue weighted by atomic mass is 32.2. The average molecular weight is 456 g/mol. The Bertz CT molecular complexity index is 1190. The summed E-state index contributed by atoms with van der Waals surface area (Å²) in [7, 11) is -3.87. The molecule has 0 unspecified atom stereocenters. The number of carbonyl (C=O) groups excluding carboxylic acids is 1. The van der Waals surface area contributed by atoms with Gasteiger partial charge in [0, 0.05) is 24.0 Å². The summed E-state index contributed by atoms with van der Waals surface area (Å²) >= 11 is 0. The molecule has 0 spiro atoms. The Morgan fingerprint density at radius 3 is 2.41 bits per heavy atom. The SMILES string of the molecule is Cc1ccc([C@H](O)CNCCc2ccc(S(=O)(=O)c3ccc(O)c(C(N)=O)c3)cc2)cn1. The molecular weight excluding hydrogens is 430 g/mol. The minimum absolute atomic E-state index is 0.0672. The molecule has 0 aliphatic rings. The molecule has 0 aliphatic heterocycles. The molecular formula is C23H25N3O5S. The van der Waals surface area contributed by atoms with Gasteiger partial charge in [-0.2, -0.15) is 0 Å². The first kappa shape index (κ1) is 23.4. The standard InChI is InChI=1S/C23H25N3O5S/c1-15-2-5-17(13-26-15)22(28)14-25-11-10-16-3-6-18(7-4-16)32(30,31)19-8-9-21(27)20(12-19)23(24)29/h2-9,12-13,22,25,27-28H,10-11,14H2,1H3,(H2,24,29)/t22-/m1/s1. The van der Waals surface area contributed by atoms with Crippen molar-refractivity contribution in [3.05, 3.63) is 83.2 Å². The van der Waals surface area contributed by atoms with Crippen molar-refractivity contribution < 1.29 is 23.4 Å². The summed E-state index contributed by atoms with van der Waals surface area (Å²) in [6.07, 6.45) is 1.64. The number of nitrogens with one attached hydrogen (secondary N) is 1. The minimum atomic E-state index is -3.87. The van der Waals surface area contributed by atoms with Gasteiger partial charge in [-0.3, -0.25) is 9.78 Å². The number of hydrogen-bond acceptors (Lipinski definition) is 7. The number of aryl methyl sites for hydroxylation is 1. The maximum Gasteiger partial charge on any atom is 0.252 e. The zero-order valence-electron chi connectivity index (χ0n) is 17.5. The predicted molar refractivity (Wildman–Crippen MR) is 119 cm³/mol. The number of aromatic hydroxyl groups is 1. The fourth-order valence-electron chi connectivity index (χ4n) is 3.12. The lowest BCUT2D eigenvalue weighted by atomic mass is 10.1. The maximum atomic E-state index is 12.8. The smallest absolute Gasteiger partial charge is 0.252 e. The lowest BCUT2D eigenvalue weighted by molar-refractivity contribution is 0.0997. The number of primary amides is 1. The number of hydrogen-bond donors (Lipinski definition) is 4. The molecule has 8 nitrogen and oxygen atoms in total. The second-order valence-corrected chi connectivity index (χ2v) is 9.34. The van der Waals surface area contributed by atoms with Gasteiger partial charge in [-0.1, -0.05) is 18.2 Å².